The van der Waals surface area contributed by atoms with Gasteiger partial charge in [0.2, 0.25) is 0 Å². The van der Waals surface area contributed by atoms with Crippen molar-refractivity contribution in [3.05, 3.63) is 29.3 Å². The fourth-order valence-electron chi connectivity index (χ4n) is 1.78. The third kappa shape index (κ3) is 1.18. The van der Waals surface area contributed by atoms with E-state index in [4.69, 9.17) is 11.5 Å². The summed E-state index contributed by atoms with van der Waals surface area (Å²) in [6, 6.07) is 2.56. The second kappa shape index (κ2) is 2.92. The first-order valence-corrected chi connectivity index (χ1v) is 4.57. The number of rotatable bonds is 1. The van der Waals surface area contributed by atoms with Gasteiger partial charge in [0, 0.05) is 11.1 Å². The smallest absolute Gasteiger partial charge is 0.154 e. The predicted molar refractivity (Wildman–Crippen MR) is 50.5 cm³/mol. The van der Waals surface area contributed by atoms with Gasteiger partial charge in [0.15, 0.2) is 5.82 Å². The van der Waals surface area contributed by atoms with E-state index >= 15 is 0 Å². The predicted octanol–water partition coefficient (Wildman–Crippen LogP) is 1.88. The molecule has 0 aromatic heterocycles. The highest BCUT2D eigenvalue weighted by molar-refractivity contribution is 5.47. The van der Waals surface area contributed by atoms with Gasteiger partial charge in [0.05, 0.1) is 0 Å². The third-order valence-electron chi connectivity index (χ3n) is 2.91. The van der Waals surface area contributed by atoms with E-state index in [1.807, 2.05) is 0 Å². The van der Waals surface area contributed by atoms with Crippen molar-refractivity contribution >= 4 is 5.69 Å². The van der Waals surface area contributed by atoms with Gasteiger partial charge in [-0.05, 0) is 25.3 Å². The Morgan fingerprint density at radius 1 is 1.21 bits per heavy atom. The van der Waals surface area contributed by atoms with Crippen LogP contribution in [0.3, 0.4) is 0 Å². The van der Waals surface area contributed by atoms with Crippen LogP contribution in [0.25, 0.3) is 0 Å². The molecule has 2 nitrogen and oxygen atoms in total. The van der Waals surface area contributed by atoms with E-state index in [9.17, 15) is 8.78 Å². The molecule has 76 valence electrons. The quantitative estimate of drug-likeness (QED) is 0.677. The van der Waals surface area contributed by atoms with Gasteiger partial charge in [-0.3, -0.25) is 0 Å². The highest BCUT2D eigenvalue weighted by Gasteiger charge is 2.37. The SMILES string of the molecule is Nc1c(F)ccc(C2(N)CCC2)c1F. The molecule has 4 N–H and O–H groups in total. The van der Waals surface area contributed by atoms with Gasteiger partial charge < -0.3 is 11.5 Å². The number of anilines is 1. The molecular weight excluding hydrogens is 186 g/mol. The lowest BCUT2D eigenvalue weighted by Crippen LogP contribution is -2.44. The summed E-state index contributed by atoms with van der Waals surface area (Å²) in [5.41, 5.74) is 10.4. The van der Waals surface area contributed by atoms with Crippen molar-refractivity contribution < 1.29 is 8.78 Å². The Balaban J connectivity index is 2.49. The second-order valence-electron chi connectivity index (χ2n) is 3.83. The summed E-state index contributed by atoms with van der Waals surface area (Å²) < 4.78 is 26.4. The summed E-state index contributed by atoms with van der Waals surface area (Å²) in [6.07, 6.45) is 2.44. The van der Waals surface area contributed by atoms with E-state index in [0.717, 1.165) is 19.3 Å². The Morgan fingerprint density at radius 2 is 1.86 bits per heavy atom. The zero-order chi connectivity index (χ0) is 10.3. The van der Waals surface area contributed by atoms with Crippen molar-refractivity contribution in [2.24, 2.45) is 5.73 Å². The van der Waals surface area contributed by atoms with E-state index < -0.39 is 22.9 Å². The Bertz CT molecular complexity index is 373. The summed E-state index contributed by atoms with van der Waals surface area (Å²) in [6.45, 7) is 0. The van der Waals surface area contributed by atoms with Crippen LogP contribution >= 0.6 is 0 Å². The van der Waals surface area contributed by atoms with Crippen molar-refractivity contribution in [2.45, 2.75) is 24.8 Å². The lowest BCUT2D eigenvalue weighted by molar-refractivity contribution is 0.245. The van der Waals surface area contributed by atoms with E-state index in [1.54, 1.807) is 0 Å². The van der Waals surface area contributed by atoms with Crippen LogP contribution in [-0.2, 0) is 5.54 Å². The summed E-state index contributed by atoms with van der Waals surface area (Å²) in [4.78, 5) is 0. The fourth-order valence-corrected chi connectivity index (χ4v) is 1.78. The van der Waals surface area contributed by atoms with Crippen LogP contribution in [0.15, 0.2) is 12.1 Å². The topological polar surface area (TPSA) is 52.0 Å². The molecule has 0 aliphatic heterocycles. The largest absolute Gasteiger partial charge is 0.394 e. The first-order chi connectivity index (χ1) is 6.54. The van der Waals surface area contributed by atoms with Crippen LogP contribution in [0.4, 0.5) is 14.5 Å². The minimum Gasteiger partial charge on any atom is -0.394 e. The van der Waals surface area contributed by atoms with E-state index in [1.165, 1.54) is 12.1 Å². The normalized spacial score (nSPS) is 19.1. The molecule has 1 saturated carbocycles. The lowest BCUT2D eigenvalue weighted by Gasteiger charge is -2.38. The number of hydrogen-bond donors (Lipinski definition) is 2. The number of nitrogen functional groups attached to an aromatic ring is 1. The molecule has 14 heavy (non-hydrogen) atoms. The maximum Gasteiger partial charge on any atom is 0.154 e. The van der Waals surface area contributed by atoms with E-state index in [2.05, 4.69) is 0 Å². The Morgan fingerprint density at radius 3 is 2.36 bits per heavy atom. The number of nitrogens with two attached hydrogens (primary N) is 2. The minimum atomic E-state index is -0.728. The molecule has 0 amide bonds. The van der Waals surface area contributed by atoms with Crippen LogP contribution in [0.5, 0.6) is 0 Å². The third-order valence-corrected chi connectivity index (χ3v) is 2.91. The molecule has 2 rings (SSSR count). The van der Waals surface area contributed by atoms with Crippen LogP contribution in [0, 0.1) is 11.6 Å². The first kappa shape index (κ1) is 9.40. The molecule has 0 saturated heterocycles. The number of hydrogen-bond acceptors (Lipinski definition) is 2. The molecule has 1 aliphatic carbocycles. The summed E-state index contributed by atoms with van der Waals surface area (Å²) in [5.74, 6) is -1.43. The molecule has 0 atom stereocenters. The van der Waals surface area contributed by atoms with Crippen LogP contribution in [0.1, 0.15) is 24.8 Å². The van der Waals surface area contributed by atoms with Gasteiger partial charge in [-0.15, -0.1) is 0 Å². The van der Waals surface area contributed by atoms with Gasteiger partial charge in [0.1, 0.15) is 11.5 Å². The van der Waals surface area contributed by atoms with Crippen molar-refractivity contribution in [3.8, 4) is 0 Å². The van der Waals surface area contributed by atoms with Gasteiger partial charge in [-0.25, -0.2) is 8.78 Å². The van der Waals surface area contributed by atoms with Gasteiger partial charge in [0.25, 0.3) is 0 Å². The van der Waals surface area contributed by atoms with E-state index in [0.29, 0.717) is 5.56 Å². The second-order valence-corrected chi connectivity index (χ2v) is 3.83. The zero-order valence-electron chi connectivity index (χ0n) is 7.69. The summed E-state index contributed by atoms with van der Waals surface area (Å²) >= 11 is 0. The summed E-state index contributed by atoms with van der Waals surface area (Å²) in [5, 5.41) is 0. The van der Waals surface area contributed by atoms with Gasteiger partial charge in [-0.2, -0.15) is 0 Å². The highest BCUT2D eigenvalue weighted by atomic mass is 19.1. The molecule has 0 unspecified atom stereocenters. The molecule has 1 aliphatic rings. The van der Waals surface area contributed by atoms with Crippen LogP contribution in [0.2, 0.25) is 0 Å². The van der Waals surface area contributed by atoms with Crippen LogP contribution in [-0.4, -0.2) is 0 Å². The maximum atomic E-state index is 13.5. The lowest BCUT2D eigenvalue weighted by atomic mass is 9.72. The molecule has 1 fully saturated rings. The molecule has 0 spiro atoms. The van der Waals surface area contributed by atoms with Crippen molar-refractivity contribution in [1.29, 1.82) is 0 Å². The van der Waals surface area contributed by atoms with Crippen LogP contribution < -0.4 is 11.5 Å². The highest BCUT2D eigenvalue weighted by Crippen LogP contribution is 2.41. The number of benzene rings is 1. The molecule has 0 radical (unpaired) electrons. The van der Waals surface area contributed by atoms with E-state index in [-0.39, 0.29) is 0 Å². The summed E-state index contributed by atoms with van der Waals surface area (Å²) in [7, 11) is 0. The molecule has 0 heterocycles. The van der Waals surface area contributed by atoms with Gasteiger partial charge >= 0.3 is 0 Å². The first-order valence-electron chi connectivity index (χ1n) is 4.57. The van der Waals surface area contributed by atoms with Crippen molar-refractivity contribution in [1.82, 2.24) is 0 Å². The van der Waals surface area contributed by atoms with Crippen molar-refractivity contribution in [3.63, 3.8) is 0 Å². The molecular formula is C10H12F2N2. The number of halogens is 2. The molecule has 1 aromatic rings. The fraction of sp³-hybridized carbons (Fsp3) is 0.400. The minimum absolute atomic E-state index is 0.336. The van der Waals surface area contributed by atoms with Gasteiger partial charge in [-0.1, -0.05) is 6.07 Å². The standard InChI is InChI=1S/C10H12F2N2/c11-7-3-2-6(8(12)9(7)13)10(14)4-1-5-10/h2-3H,1,4-5,13-14H2. The average molecular weight is 198 g/mol. The van der Waals surface area contributed by atoms with Crippen molar-refractivity contribution in [2.75, 3.05) is 5.73 Å². The monoisotopic (exact) mass is 198 g/mol. The maximum absolute atomic E-state index is 13.5. The average Bonchev–Trinajstić information content (AvgIpc) is 2.11. The molecule has 0 bridgehead atoms. The Hall–Kier alpha value is -1.16. The zero-order valence-corrected chi connectivity index (χ0v) is 7.69. The molecule has 4 heteroatoms. The molecule has 1 aromatic carbocycles. The Labute approximate surface area is 80.9 Å². The Kier molecular flexibility index (Phi) is 1.96.